The van der Waals surface area contributed by atoms with Gasteiger partial charge in [-0.05, 0) is 51.4 Å². The van der Waals surface area contributed by atoms with Gasteiger partial charge in [0.15, 0.2) is 0 Å². The van der Waals surface area contributed by atoms with Crippen molar-refractivity contribution in [2.75, 3.05) is 0 Å². The summed E-state index contributed by atoms with van der Waals surface area (Å²) in [4.78, 5) is 22.6. The molecule has 0 aliphatic heterocycles. The number of Topliss-reactive ketones (excluding diaryl/α,β-unsaturated/α-hetero) is 2. The predicted molar refractivity (Wildman–Crippen MR) is 79.5 cm³/mol. The first-order valence-electron chi connectivity index (χ1n) is 8.15. The summed E-state index contributed by atoms with van der Waals surface area (Å²) >= 11 is 0. The molecule has 0 spiro atoms. The fourth-order valence-electron chi connectivity index (χ4n) is 3.93. The molecule has 3 aliphatic rings. The fraction of sp³-hybridized carbons (Fsp3) is 0.667. The van der Waals surface area contributed by atoms with E-state index in [0.29, 0.717) is 11.6 Å². The van der Waals surface area contributed by atoms with Gasteiger partial charge < -0.3 is 0 Å². The van der Waals surface area contributed by atoms with Crippen molar-refractivity contribution in [2.45, 2.75) is 77.0 Å². The monoisotopic (exact) mass is 272 g/mol. The van der Waals surface area contributed by atoms with E-state index in [2.05, 4.69) is 0 Å². The number of carbonyl (C=O) groups excluding carboxylic acids is 2. The standard InChI is InChI=1S/C18H24O2/c19-17-9-5-15(6-10-17)13-1-2-14(4-3-13)16-7-11-18(20)12-8-16/h1-12H2. The van der Waals surface area contributed by atoms with E-state index in [4.69, 9.17) is 0 Å². The molecular formula is C18H24O2. The largest absolute Gasteiger partial charge is 0.300 e. The Balaban J connectivity index is 1.62. The Morgan fingerprint density at radius 2 is 0.550 bits per heavy atom. The molecule has 20 heavy (non-hydrogen) atoms. The van der Waals surface area contributed by atoms with Gasteiger partial charge in [-0.3, -0.25) is 9.59 Å². The average molecular weight is 272 g/mol. The third-order valence-corrected chi connectivity index (χ3v) is 5.28. The van der Waals surface area contributed by atoms with E-state index < -0.39 is 0 Å². The van der Waals surface area contributed by atoms with Crippen LogP contribution in [0.5, 0.6) is 0 Å². The summed E-state index contributed by atoms with van der Waals surface area (Å²) in [5, 5.41) is 0. The molecule has 3 saturated carbocycles. The summed E-state index contributed by atoms with van der Waals surface area (Å²) in [6.45, 7) is 0. The molecule has 0 heterocycles. The molecule has 2 heteroatoms. The fourth-order valence-corrected chi connectivity index (χ4v) is 3.93. The van der Waals surface area contributed by atoms with E-state index in [1.807, 2.05) is 0 Å². The Kier molecular flexibility index (Phi) is 4.18. The molecule has 0 radical (unpaired) electrons. The minimum atomic E-state index is 0.444. The highest BCUT2D eigenvalue weighted by molar-refractivity contribution is 5.80. The lowest BCUT2D eigenvalue weighted by atomic mass is 9.79. The zero-order valence-corrected chi connectivity index (χ0v) is 12.3. The van der Waals surface area contributed by atoms with Crippen LogP contribution in [-0.2, 0) is 9.59 Å². The predicted octanol–water partition coefficient (Wildman–Crippen LogP) is 4.44. The second-order valence-electron chi connectivity index (χ2n) is 6.49. The van der Waals surface area contributed by atoms with Crippen LogP contribution in [0.25, 0.3) is 0 Å². The maximum Gasteiger partial charge on any atom is 0.133 e. The Morgan fingerprint density at radius 3 is 0.800 bits per heavy atom. The third kappa shape index (κ3) is 3.11. The second kappa shape index (κ2) is 6.07. The van der Waals surface area contributed by atoms with Crippen LogP contribution in [0.4, 0.5) is 0 Å². The molecule has 0 atom stereocenters. The van der Waals surface area contributed by atoms with Gasteiger partial charge in [0.2, 0.25) is 0 Å². The zero-order chi connectivity index (χ0) is 13.9. The van der Waals surface area contributed by atoms with Crippen molar-refractivity contribution in [3.05, 3.63) is 22.3 Å². The van der Waals surface area contributed by atoms with Gasteiger partial charge in [-0.15, -0.1) is 0 Å². The van der Waals surface area contributed by atoms with Gasteiger partial charge in [0.25, 0.3) is 0 Å². The van der Waals surface area contributed by atoms with Gasteiger partial charge in [0.05, 0.1) is 0 Å². The highest BCUT2D eigenvalue weighted by Crippen LogP contribution is 2.38. The molecular weight excluding hydrogens is 248 g/mol. The van der Waals surface area contributed by atoms with E-state index in [0.717, 1.165) is 51.4 Å². The maximum absolute atomic E-state index is 11.3. The van der Waals surface area contributed by atoms with Gasteiger partial charge in [-0.1, -0.05) is 22.3 Å². The van der Waals surface area contributed by atoms with Crippen LogP contribution in [0.3, 0.4) is 0 Å². The van der Waals surface area contributed by atoms with Gasteiger partial charge in [-0.25, -0.2) is 0 Å². The first-order valence-corrected chi connectivity index (χ1v) is 8.15. The first-order chi connectivity index (χ1) is 9.72. The number of hydrogen-bond donors (Lipinski definition) is 0. The van der Waals surface area contributed by atoms with Crippen LogP contribution in [0.2, 0.25) is 0 Å². The summed E-state index contributed by atoms with van der Waals surface area (Å²) < 4.78 is 0. The molecule has 108 valence electrons. The van der Waals surface area contributed by atoms with Crippen molar-refractivity contribution < 1.29 is 9.59 Å². The zero-order valence-electron chi connectivity index (χ0n) is 12.3. The number of ketones is 2. The Hall–Kier alpha value is -1.18. The van der Waals surface area contributed by atoms with Crippen LogP contribution < -0.4 is 0 Å². The molecule has 3 aliphatic carbocycles. The van der Waals surface area contributed by atoms with Crippen molar-refractivity contribution in [3.8, 4) is 0 Å². The van der Waals surface area contributed by atoms with E-state index in [9.17, 15) is 9.59 Å². The van der Waals surface area contributed by atoms with Gasteiger partial charge >= 0.3 is 0 Å². The molecule has 3 fully saturated rings. The summed E-state index contributed by atoms with van der Waals surface area (Å²) in [5.41, 5.74) is 6.47. The Morgan fingerprint density at radius 1 is 0.350 bits per heavy atom. The van der Waals surface area contributed by atoms with E-state index in [-0.39, 0.29) is 0 Å². The van der Waals surface area contributed by atoms with Crippen molar-refractivity contribution in [1.82, 2.24) is 0 Å². The number of hydrogen-bond acceptors (Lipinski definition) is 2. The van der Waals surface area contributed by atoms with Crippen molar-refractivity contribution >= 4 is 11.6 Å². The highest BCUT2D eigenvalue weighted by atomic mass is 16.1. The first kappa shape index (κ1) is 13.8. The number of carbonyl (C=O) groups is 2. The van der Waals surface area contributed by atoms with Crippen molar-refractivity contribution in [1.29, 1.82) is 0 Å². The molecule has 0 N–H and O–H groups in total. The lowest BCUT2D eigenvalue weighted by Crippen LogP contribution is -2.12. The summed E-state index contributed by atoms with van der Waals surface area (Å²) in [6, 6.07) is 0. The van der Waals surface area contributed by atoms with Crippen LogP contribution in [-0.4, -0.2) is 11.6 Å². The molecule has 0 aromatic heterocycles. The van der Waals surface area contributed by atoms with Crippen LogP contribution in [0.1, 0.15) is 77.0 Å². The van der Waals surface area contributed by atoms with Crippen molar-refractivity contribution in [3.63, 3.8) is 0 Å². The second-order valence-corrected chi connectivity index (χ2v) is 6.49. The summed E-state index contributed by atoms with van der Waals surface area (Å²) in [5.74, 6) is 0.889. The van der Waals surface area contributed by atoms with E-state index in [1.165, 1.54) is 25.7 Å². The Bertz CT molecular complexity index is 412. The highest BCUT2D eigenvalue weighted by Gasteiger charge is 2.22. The van der Waals surface area contributed by atoms with Crippen LogP contribution in [0, 0.1) is 0 Å². The summed E-state index contributed by atoms with van der Waals surface area (Å²) in [7, 11) is 0. The number of allylic oxidation sites excluding steroid dienone is 4. The number of rotatable bonds is 0. The van der Waals surface area contributed by atoms with E-state index in [1.54, 1.807) is 22.3 Å². The maximum atomic E-state index is 11.3. The molecule has 0 bridgehead atoms. The molecule has 0 aromatic carbocycles. The molecule has 0 unspecified atom stereocenters. The Labute approximate surface area is 121 Å². The van der Waals surface area contributed by atoms with Crippen molar-refractivity contribution in [2.24, 2.45) is 0 Å². The third-order valence-electron chi connectivity index (χ3n) is 5.28. The van der Waals surface area contributed by atoms with Crippen LogP contribution in [0.15, 0.2) is 22.3 Å². The molecule has 3 rings (SSSR count). The van der Waals surface area contributed by atoms with Gasteiger partial charge in [0.1, 0.15) is 11.6 Å². The SMILES string of the molecule is O=C1CCC(=C2CCC(=C3CCC(=O)CC3)CC2)CC1. The minimum Gasteiger partial charge on any atom is -0.300 e. The minimum absolute atomic E-state index is 0.444. The smallest absolute Gasteiger partial charge is 0.133 e. The lowest BCUT2D eigenvalue weighted by molar-refractivity contribution is -0.120. The van der Waals surface area contributed by atoms with Gasteiger partial charge in [0, 0.05) is 25.7 Å². The molecule has 0 aromatic rings. The molecule has 2 nitrogen and oxygen atoms in total. The normalized spacial score (nSPS) is 25.4. The lowest BCUT2D eigenvalue weighted by Gasteiger charge is -2.27. The quantitative estimate of drug-likeness (QED) is 0.611. The summed E-state index contributed by atoms with van der Waals surface area (Å²) in [6.07, 6.45) is 12.0. The topological polar surface area (TPSA) is 34.1 Å². The average Bonchev–Trinajstić information content (AvgIpc) is 2.49. The van der Waals surface area contributed by atoms with Crippen LogP contribution >= 0.6 is 0 Å². The van der Waals surface area contributed by atoms with E-state index >= 15 is 0 Å². The molecule has 0 saturated heterocycles. The van der Waals surface area contributed by atoms with Gasteiger partial charge in [-0.2, -0.15) is 0 Å². The molecule has 0 amide bonds.